The molecule has 1 amide bonds. The lowest BCUT2D eigenvalue weighted by Crippen LogP contribution is -2.42. The number of hydrogen-bond acceptors (Lipinski definition) is 5. The molecule has 1 saturated carbocycles. The smallest absolute Gasteiger partial charge is 0.235 e. The summed E-state index contributed by atoms with van der Waals surface area (Å²) in [4.78, 5) is 11.7. The van der Waals surface area contributed by atoms with E-state index in [2.05, 4.69) is 15.4 Å². The summed E-state index contributed by atoms with van der Waals surface area (Å²) in [7, 11) is -3.48. The molecule has 1 rings (SSSR count). The molecule has 0 bridgehead atoms. The molecule has 1 fully saturated rings. The van der Waals surface area contributed by atoms with Crippen LogP contribution in [-0.4, -0.2) is 58.5 Å². The molecule has 0 saturated heterocycles. The van der Waals surface area contributed by atoms with Gasteiger partial charge in [0.25, 0.3) is 0 Å². The minimum atomic E-state index is -3.48. The van der Waals surface area contributed by atoms with Crippen LogP contribution in [0, 0.1) is 0 Å². The van der Waals surface area contributed by atoms with E-state index in [4.69, 9.17) is 4.74 Å². The van der Waals surface area contributed by atoms with Gasteiger partial charge in [0.15, 0.2) is 0 Å². The maximum atomic E-state index is 11.7. The van der Waals surface area contributed by atoms with E-state index in [-0.39, 0.29) is 30.9 Å². The molecule has 0 spiro atoms. The molecule has 0 aliphatic heterocycles. The Morgan fingerprint density at radius 1 is 1.12 bits per heavy atom. The van der Waals surface area contributed by atoms with E-state index >= 15 is 0 Å². The van der Waals surface area contributed by atoms with Crippen LogP contribution in [0.4, 0.5) is 0 Å². The number of hydrogen-bond donors (Lipinski definition) is 3. The van der Waals surface area contributed by atoms with E-state index in [1.165, 1.54) is 38.5 Å². The van der Waals surface area contributed by atoms with Gasteiger partial charge in [-0.05, 0) is 26.7 Å². The fourth-order valence-corrected chi connectivity index (χ4v) is 3.48. The molecule has 8 heteroatoms. The Bertz CT molecular complexity index is 446. The van der Waals surface area contributed by atoms with Crippen molar-refractivity contribution in [2.45, 2.75) is 64.5 Å². The Morgan fingerprint density at radius 2 is 1.79 bits per heavy atom. The Balaban J connectivity index is 2.08. The fourth-order valence-electron chi connectivity index (χ4n) is 2.67. The molecule has 0 aromatic heterocycles. The molecule has 142 valence electrons. The molecular formula is C16H33N3O4S. The lowest BCUT2D eigenvalue weighted by atomic mass is 10.1. The molecule has 1 aliphatic rings. The Morgan fingerprint density at radius 3 is 2.42 bits per heavy atom. The number of amides is 1. The lowest BCUT2D eigenvalue weighted by Gasteiger charge is -2.16. The van der Waals surface area contributed by atoms with Crippen LogP contribution in [0.1, 0.15) is 52.4 Å². The highest BCUT2D eigenvalue weighted by Gasteiger charge is 2.13. The summed E-state index contributed by atoms with van der Waals surface area (Å²) < 4.78 is 30.9. The van der Waals surface area contributed by atoms with Gasteiger partial charge in [-0.15, -0.1) is 0 Å². The van der Waals surface area contributed by atoms with Crippen molar-refractivity contribution in [3.05, 3.63) is 0 Å². The van der Waals surface area contributed by atoms with Gasteiger partial charge < -0.3 is 15.4 Å². The van der Waals surface area contributed by atoms with Gasteiger partial charge in [-0.25, -0.2) is 13.1 Å². The predicted octanol–water partition coefficient (Wildman–Crippen LogP) is 0.759. The second kappa shape index (κ2) is 11.8. The van der Waals surface area contributed by atoms with E-state index in [9.17, 15) is 13.2 Å². The van der Waals surface area contributed by atoms with Gasteiger partial charge in [0.05, 0.1) is 25.0 Å². The quantitative estimate of drug-likeness (QED) is 0.372. The van der Waals surface area contributed by atoms with Crippen molar-refractivity contribution >= 4 is 15.9 Å². The molecule has 0 aromatic carbocycles. The average molecular weight is 364 g/mol. The van der Waals surface area contributed by atoms with Gasteiger partial charge in [0, 0.05) is 19.1 Å². The van der Waals surface area contributed by atoms with Crippen molar-refractivity contribution in [1.82, 2.24) is 15.4 Å². The summed E-state index contributed by atoms with van der Waals surface area (Å²) in [6.45, 7) is 4.81. The van der Waals surface area contributed by atoms with Crippen LogP contribution in [0.3, 0.4) is 0 Å². The summed E-state index contributed by atoms with van der Waals surface area (Å²) >= 11 is 0. The molecule has 24 heavy (non-hydrogen) atoms. The molecule has 1 aliphatic carbocycles. The van der Waals surface area contributed by atoms with Crippen molar-refractivity contribution in [1.29, 1.82) is 0 Å². The van der Waals surface area contributed by atoms with Gasteiger partial charge >= 0.3 is 0 Å². The first-order valence-corrected chi connectivity index (χ1v) is 10.6. The summed E-state index contributed by atoms with van der Waals surface area (Å²) in [6.07, 6.45) is 7.57. The number of nitrogens with one attached hydrogen (secondary N) is 3. The average Bonchev–Trinajstić information content (AvgIpc) is 2.78. The normalized spacial score (nSPS) is 17.0. The topological polar surface area (TPSA) is 96.5 Å². The molecular weight excluding hydrogens is 330 g/mol. The van der Waals surface area contributed by atoms with Crippen LogP contribution in [-0.2, 0) is 19.6 Å². The van der Waals surface area contributed by atoms with Crippen LogP contribution >= 0.6 is 0 Å². The summed E-state index contributed by atoms with van der Waals surface area (Å²) in [5.41, 5.74) is 0. The summed E-state index contributed by atoms with van der Waals surface area (Å²) in [6, 6.07) is 0.545. The zero-order valence-electron chi connectivity index (χ0n) is 15.0. The number of ether oxygens (including phenoxy) is 1. The number of carbonyl (C=O) groups is 1. The Labute approximate surface area is 146 Å². The van der Waals surface area contributed by atoms with Gasteiger partial charge in [-0.2, -0.15) is 0 Å². The third-order valence-electron chi connectivity index (χ3n) is 3.99. The zero-order chi connectivity index (χ0) is 17.8. The molecule has 0 radical (unpaired) electrons. The van der Waals surface area contributed by atoms with Crippen molar-refractivity contribution in [2.24, 2.45) is 0 Å². The van der Waals surface area contributed by atoms with E-state index in [0.29, 0.717) is 19.1 Å². The lowest BCUT2D eigenvalue weighted by molar-refractivity contribution is -0.119. The molecule has 3 N–H and O–H groups in total. The van der Waals surface area contributed by atoms with Crippen LogP contribution in [0.2, 0.25) is 0 Å². The van der Waals surface area contributed by atoms with Crippen molar-refractivity contribution < 1.29 is 17.9 Å². The molecule has 7 nitrogen and oxygen atoms in total. The third-order valence-corrected chi connectivity index (χ3v) is 5.28. The van der Waals surface area contributed by atoms with Gasteiger partial charge in [0.1, 0.15) is 0 Å². The SMILES string of the molecule is CC(C)OCCS(=O)(=O)NCC(=O)NCCNC1CCCCCC1. The summed E-state index contributed by atoms with van der Waals surface area (Å²) in [5.74, 6) is -0.451. The largest absolute Gasteiger partial charge is 0.378 e. The highest BCUT2D eigenvalue weighted by atomic mass is 32.2. The van der Waals surface area contributed by atoms with Crippen molar-refractivity contribution in [2.75, 3.05) is 32.0 Å². The first-order chi connectivity index (χ1) is 11.4. The van der Waals surface area contributed by atoms with Gasteiger partial charge in [-0.1, -0.05) is 25.7 Å². The maximum Gasteiger partial charge on any atom is 0.235 e. The first kappa shape index (κ1) is 21.3. The Kier molecular flexibility index (Phi) is 10.5. The first-order valence-electron chi connectivity index (χ1n) is 8.98. The second-order valence-electron chi connectivity index (χ2n) is 6.55. The number of rotatable bonds is 11. The van der Waals surface area contributed by atoms with Crippen LogP contribution in [0.5, 0.6) is 0 Å². The highest BCUT2D eigenvalue weighted by Crippen LogP contribution is 2.16. The van der Waals surface area contributed by atoms with Crippen LogP contribution in [0.25, 0.3) is 0 Å². The van der Waals surface area contributed by atoms with E-state index in [1.807, 2.05) is 13.8 Å². The molecule has 0 unspecified atom stereocenters. The standard InChI is InChI=1S/C16H33N3O4S/c1-14(2)23-11-12-24(21,22)19-13-16(20)18-10-9-17-15-7-5-3-4-6-8-15/h14-15,17,19H,3-13H2,1-2H3,(H,18,20). The number of carbonyl (C=O) groups excluding carboxylic acids is 1. The number of sulfonamides is 1. The van der Waals surface area contributed by atoms with E-state index in [0.717, 1.165) is 0 Å². The van der Waals surface area contributed by atoms with Crippen molar-refractivity contribution in [3.8, 4) is 0 Å². The maximum absolute atomic E-state index is 11.7. The van der Waals surface area contributed by atoms with Gasteiger partial charge in [0.2, 0.25) is 15.9 Å². The van der Waals surface area contributed by atoms with Gasteiger partial charge in [-0.3, -0.25) is 4.79 Å². The third kappa shape index (κ3) is 11.0. The zero-order valence-corrected chi connectivity index (χ0v) is 15.8. The highest BCUT2D eigenvalue weighted by molar-refractivity contribution is 7.89. The van der Waals surface area contributed by atoms with Crippen molar-refractivity contribution in [3.63, 3.8) is 0 Å². The molecule has 0 aromatic rings. The van der Waals surface area contributed by atoms with E-state index < -0.39 is 10.0 Å². The monoisotopic (exact) mass is 363 g/mol. The predicted molar refractivity (Wildman–Crippen MR) is 95.4 cm³/mol. The molecule has 0 atom stereocenters. The fraction of sp³-hybridized carbons (Fsp3) is 0.938. The minimum Gasteiger partial charge on any atom is -0.378 e. The second-order valence-corrected chi connectivity index (χ2v) is 8.48. The Hall–Kier alpha value is -0.700. The summed E-state index contributed by atoms with van der Waals surface area (Å²) in [5, 5.41) is 6.18. The van der Waals surface area contributed by atoms with E-state index in [1.54, 1.807) is 0 Å². The minimum absolute atomic E-state index is 0.00976. The molecule has 0 heterocycles. The van der Waals surface area contributed by atoms with Crippen LogP contribution < -0.4 is 15.4 Å². The van der Waals surface area contributed by atoms with Crippen LogP contribution in [0.15, 0.2) is 0 Å².